The maximum Gasteiger partial charge on any atom is 0.166 e. The first-order valence-corrected chi connectivity index (χ1v) is 4.80. The molecule has 0 amide bonds. The van der Waals surface area contributed by atoms with E-state index in [1.165, 1.54) is 0 Å². The molecule has 0 bridgehead atoms. The van der Waals surface area contributed by atoms with Crippen LogP contribution in [0.5, 0.6) is 0 Å². The fourth-order valence-electron chi connectivity index (χ4n) is 1.91. The SMILES string of the molecule is C[C@@H]1[C@@H](C=O)[C@H]1C(=O)c1ccccc1. The Balaban J connectivity index is 2.15. The van der Waals surface area contributed by atoms with Gasteiger partial charge in [-0.3, -0.25) is 4.79 Å². The van der Waals surface area contributed by atoms with Gasteiger partial charge in [0.2, 0.25) is 0 Å². The molecule has 1 saturated carbocycles. The van der Waals surface area contributed by atoms with Crippen molar-refractivity contribution in [2.24, 2.45) is 17.8 Å². The van der Waals surface area contributed by atoms with E-state index in [-0.39, 0.29) is 23.5 Å². The molecule has 1 aliphatic rings. The average molecular weight is 188 g/mol. The van der Waals surface area contributed by atoms with E-state index in [1.54, 1.807) is 12.1 Å². The van der Waals surface area contributed by atoms with Crippen LogP contribution in [-0.4, -0.2) is 12.1 Å². The highest BCUT2D eigenvalue weighted by Crippen LogP contribution is 2.46. The first-order chi connectivity index (χ1) is 6.75. The molecular formula is C12H12O2. The van der Waals surface area contributed by atoms with Gasteiger partial charge in [0.25, 0.3) is 0 Å². The molecule has 0 radical (unpaired) electrons. The molecule has 0 spiro atoms. The predicted molar refractivity (Wildman–Crippen MR) is 53.0 cm³/mol. The molecule has 0 saturated heterocycles. The molecule has 3 atom stereocenters. The first-order valence-electron chi connectivity index (χ1n) is 4.80. The molecule has 0 aliphatic heterocycles. The fourth-order valence-corrected chi connectivity index (χ4v) is 1.91. The van der Waals surface area contributed by atoms with Crippen LogP contribution in [0.4, 0.5) is 0 Å². The summed E-state index contributed by atoms with van der Waals surface area (Å²) in [4.78, 5) is 22.4. The minimum absolute atomic E-state index is 0.0530. The largest absolute Gasteiger partial charge is 0.303 e. The van der Waals surface area contributed by atoms with Crippen molar-refractivity contribution in [2.45, 2.75) is 6.92 Å². The van der Waals surface area contributed by atoms with Crippen molar-refractivity contribution < 1.29 is 9.59 Å². The van der Waals surface area contributed by atoms with Crippen molar-refractivity contribution in [3.63, 3.8) is 0 Å². The van der Waals surface area contributed by atoms with Gasteiger partial charge in [0.15, 0.2) is 5.78 Å². The summed E-state index contributed by atoms with van der Waals surface area (Å²) >= 11 is 0. The van der Waals surface area contributed by atoms with E-state index in [1.807, 2.05) is 25.1 Å². The van der Waals surface area contributed by atoms with Crippen molar-refractivity contribution >= 4 is 12.1 Å². The molecule has 1 aromatic rings. The molecule has 2 nitrogen and oxygen atoms in total. The van der Waals surface area contributed by atoms with E-state index in [4.69, 9.17) is 0 Å². The van der Waals surface area contributed by atoms with E-state index in [0.717, 1.165) is 6.29 Å². The second-order valence-corrected chi connectivity index (χ2v) is 3.83. The highest BCUT2D eigenvalue weighted by molar-refractivity contribution is 6.01. The Kier molecular flexibility index (Phi) is 2.20. The second-order valence-electron chi connectivity index (χ2n) is 3.83. The predicted octanol–water partition coefficient (Wildman–Crippen LogP) is 1.95. The number of hydrogen-bond donors (Lipinski definition) is 0. The first kappa shape index (κ1) is 9.13. The van der Waals surface area contributed by atoms with E-state index < -0.39 is 0 Å². The molecule has 14 heavy (non-hydrogen) atoms. The van der Waals surface area contributed by atoms with Gasteiger partial charge in [0, 0.05) is 17.4 Å². The summed E-state index contributed by atoms with van der Waals surface area (Å²) in [6, 6.07) is 9.17. The Labute approximate surface area is 82.9 Å². The van der Waals surface area contributed by atoms with Gasteiger partial charge < -0.3 is 4.79 Å². The van der Waals surface area contributed by atoms with Crippen molar-refractivity contribution in [1.82, 2.24) is 0 Å². The van der Waals surface area contributed by atoms with Crippen LogP contribution < -0.4 is 0 Å². The average Bonchev–Trinajstić information content (AvgIpc) is 2.89. The van der Waals surface area contributed by atoms with Crippen molar-refractivity contribution in [1.29, 1.82) is 0 Å². The molecule has 2 rings (SSSR count). The maximum absolute atomic E-state index is 11.8. The topological polar surface area (TPSA) is 34.1 Å². The molecule has 0 heterocycles. The van der Waals surface area contributed by atoms with Gasteiger partial charge in [-0.25, -0.2) is 0 Å². The Morgan fingerprint density at radius 3 is 2.43 bits per heavy atom. The molecule has 2 heteroatoms. The summed E-state index contributed by atoms with van der Waals surface area (Å²) < 4.78 is 0. The third-order valence-electron chi connectivity index (χ3n) is 2.97. The van der Waals surface area contributed by atoms with Crippen LogP contribution >= 0.6 is 0 Å². The third-order valence-corrected chi connectivity index (χ3v) is 2.97. The molecule has 1 fully saturated rings. The fraction of sp³-hybridized carbons (Fsp3) is 0.333. The summed E-state index contributed by atoms with van der Waals surface area (Å²) in [5, 5.41) is 0. The Morgan fingerprint density at radius 1 is 1.29 bits per heavy atom. The van der Waals surface area contributed by atoms with Crippen molar-refractivity contribution in [3.05, 3.63) is 35.9 Å². The van der Waals surface area contributed by atoms with Crippen LogP contribution in [0.1, 0.15) is 17.3 Å². The number of rotatable bonds is 3. The lowest BCUT2D eigenvalue weighted by atomic mass is 10.1. The smallest absolute Gasteiger partial charge is 0.166 e. The Hall–Kier alpha value is -1.44. The second kappa shape index (κ2) is 3.37. The van der Waals surface area contributed by atoms with Gasteiger partial charge in [-0.2, -0.15) is 0 Å². The zero-order valence-electron chi connectivity index (χ0n) is 8.01. The minimum Gasteiger partial charge on any atom is -0.303 e. The number of ketones is 1. The zero-order valence-corrected chi connectivity index (χ0v) is 8.01. The monoisotopic (exact) mass is 188 g/mol. The summed E-state index contributed by atoms with van der Waals surface area (Å²) in [5.41, 5.74) is 0.716. The van der Waals surface area contributed by atoms with Gasteiger partial charge >= 0.3 is 0 Å². The molecule has 0 unspecified atom stereocenters. The summed E-state index contributed by atoms with van der Waals surface area (Å²) in [5.74, 6) is 0.202. The number of hydrogen-bond acceptors (Lipinski definition) is 2. The van der Waals surface area contributed by atoms with Crippen molar-refractivity contribution in [2.75, 3.05) is 0 Å². The molecule has 1 aromatic carbocycles. The molecule has 72 valence electrons. The molecule has 0 aromatic heterocycles. The molecular weight excluding hydrogens is 176 g/mol. The zero-order chi connectivity index (χ0) is 10.1. The van der Waals surface area contributed by atoms with E-state index in [2.05, 4.69) is 0 Å². The number of carbonyl (C=O) groups is 2. The van der Waals surface area contributed by atoms with Crippen LogP contribution in [0.2, 0.25) is 0 Å². The lowest BCUT2D eigenvalue weighted by Gasteiger charge is -1.97. The minimum atomic E-state index is -0.0742. The van der Waals surface area contributed by atoms with E-state index in [0.29, 0.717) is 5.56 Å². The summed E-state index contributed by atoms with van der Waals surface area (Å²) in [7, 11) is 0. The van der Waals surface area contributed by atoms with Crippen LogP contribution in [0.25, 0.3) is 0 Å². The van der Waals surface area contributed by atoms with E-state index >= 15 is 0 Å². The van der Waals surface area contributed by atoms with E-state index in [9.17, 15) is 9.59 Å². The van der Waals surface area contributed by atoms with Crippen LogP contribution in [-0.2, 0) is 4.79 Å². The highest BCUT2D eigenvalue weighted by Gasteiger charge is 2.51. The van der Waals surface area contributed by atoms with Gasteiger partial charge in [-0.15, -0.1) is 0 Å². The molecule has 1 aliphatic carbocycles. The summed E-state index contributed by atoms with van der Waals surface area (Å²) in [6.45, 7) is 1.95. The van der Waals surface area contributed by atoms with Crippen molar-refractivity contribution in [3.8, 4) is 0 Å². The summed E-state index contributed by atoms with van der Waals surface area (Å²) in [6.07, 6.45) is 0.899. The standard InChI is InChI=1S/C12H12O2/c1-8-10(7-13)11(8)12(14)9-5-3-2-4-6-9/h2-8,10-11H,1H3/t8-,10-,11+/m1/s1. The number of aldehydes is 1. The number of Topliss-reactive ketones (excluding diaryl/α,β-unsaturated/α-hetero) is 1. The normalized spacial score (nSPS) is 29.6. The number of carbonyl (C=O) groups excluding carboxylic acids is 2. The number of benzene rings is 1. The lowest BCUT2D eigenvalue weighted by molar-refractivity contribution is -0.109. The van der Waals surface area contributed by atoms with Gasteiger partial charge in [0.1, 0.15) is 6.29 Å². The van der Waals surface area contributed by atoms with Crippen LogP contribution in [0.15, 0.2) is 30.3 Å². The van der Waals surface area contributed by atoms with Gasteiger partial charge in [-0.1, -0.05) is 37.3 Å². The van der Waals surface area contributed by atoms with Crippen LogP contribution in [0.3, 0.4) is 0 Å². The molecule has 0 N–H and O–H groups in total. The van der Waals surface area contributed by atoms with Gasteiger partial charge in [0.05, 0.1) is 0 Å². The third kappa shape index (κ3) is 1.37. The quantitative estimate of drug-likeness (QED) is 0.536. The van der Waals surface area contributed by atoms with Gasteiger partial charge in [-0.05, 0) is 5.92 Å². The Bertz CT molecular complexity index is 356. The maximum atomic E-state index is 11.8. The van der Waals surface area contributed by atoms with Crippen LogP contribution in [0, 0.1) is 17.8 Å². The highest BCUT2D eigenvalue weighted by atomic mass is 16.1. The lowest BCUT2D eigenvalue weighted by Crippen LogP contribution is -2.03. The Morgan fingerprint density at radius 2 is 1.93 bits per heavy atom.